The number of aryl methyl sites for hydroxylation is 1. The van der Waals surface area contributed by atoms with Crippen molar-refractivity contribution in [3.8, 4) is 11.3 Å². The second-order valence-electron chi connectivity index (χ2n) is 3.93. The number of hydrogen-bond donors (Lipinski definition) is 1. The van der Waals surface area contributed by atoms with E-state index in [9.17, 15) is 4.39 Å². The van der Waals surface area contributed by atoms with Crippen LogP contribution < -0.4 is 5.32 Å². The lowest BCUT2D eigenvalue weighted by atomic mass is 10.1. The maximum Gasteiger partial charge on any atom is 0.132 e. The molecule has 0 aliphatic heterocycles. The van der Waals surface area contributed by atoms with Gasteiger partial charge in [0.2, 0.25) is 0 Å². The van der Waals surface area contributed by atoms with E-state index in [-0.39, 0.29) is 5.82 Å². The molecule has 0 atom stereocenters. The predicted octanol–water partition coefficient (Wildman–Crippen LogP) is 2.34. The van der Waals surface area contributed by atoms with Gasteiger partial charge in [-0.3, -0.25) is 4.68 Å². The summed E-state index contributed by atoms with van der Waals surface area (Å²) in [7, 11) is 1.81. The van der Waals surface area contributed by atoms with Crippen molar-refractivity contribution in [3.05, 3.63) is 41.8 Å². The third kappa shape index (κ3) is 2.53. The molecule has 0 bridgehead atoms. The molecule has 1 aromatic carbocycles. The standard InChI is InChI=1S/C13H16FN3/c1-3-15-9-10-4-5-12(14)11(8-10)13-6-7-16-17(13)2/h4-8,15H,3,9H2,1-2H3. The number of nitrogens with zero attached hydrogens (tertiary/aromatic N) is 2. The Morgan fingerprint density at radius 3 is 2.82 bits per heavy atom. The Morgan fingerprint density at radius 1 is 1.35 bits per heavy atom. The van der Waals surface area contributed by atoms with Gasteiger partial charge in [-0.2, -0.15) is 5.10 Å². The van der Waals surface area contributed by atoms with Gasteiger partial charge in [-0.25, -0.2) is 4.39 Å². The molecule has 0 fully saturated rings. The summed E-state index contributed by atoms with van der Waals surface area (Å²) < 4.78 is 15.4. The Hall–Kier alpha value is -1.68. The quantitative estimate of drug-likeness (QED) is 0.878. The van der Waals surface area contributed by atoms with Crippen molar-refractivity contribution in [1.29, 1.82) is 0 Å². The van der Waals surface area contributed by atoms with Gasteiger partial charge >= 0.3 is 0 Å². The van der Waals surface area contributed by atoms with Crippen molar-refractivity contribution < 1.29 is 4.39 Å². The van der Waals surface area contributed by atoms with Gasteiger partial charge in [0.05, 0.1) is 5.69 Å². The Bertz CT molecular complexity index is 505. The fourth-order valence-electron chi connectivity index (χ4n) is 1.79. The minimum Gasteiger partial charge on any atom is -0.313 e. The zero-order chi connectivity index (χ0) is 12.3. The van der Waals surface area contributed by atoms with Crippen LogP contribution in [0.1, 0.15) is 12.5 Å². The molecule has 0 radical (unpaired) electrons. The molecule has 4 heteroatoms. The molecule has 17 heavy (non-hydrogen) atoms. The summed E-state index contributed by atoms with van der Waals surface area (Å²) in [5.74, 6) is -0.214. The maximum absolute atomic E-state index is 13.8. The lowest BCUT2D eigenvalue weighted by Gasteiger charge is -2.07. The highest BCUT2D eigenvalue weighted by Crippen LogP contribution is 2.23. The molecule has 2 rings (SSSR count). The molecule has 1 heterocycles. The maximum atomic E-state index is 13.8. The van der Waals surface area contributed by atoms with Crippen LogP contribution in [0.25, 0.3) is 11.3 Å². The minimum absolute atomic E-state index is 0.214. The van der Waals surface area contributed by atoms with Crippen LogP contribution in [0.15, 0.2) is 30.5 Å². The topological polar surface area (TPSA) is 29.9 Å². The molecule has 0 spiro atoms. The number of nitrogens with one attached hydrogen (secondary N) is 1. The molecule has 0 amide bonds. The van der Waals surface area contributed by atoms with E-state index in [1.807, 2.05) is 26.1 Å². The highest BCUT2D eigenvalue weighted by atomic mass is 19.1. The first kappa shape index (κ1) is 11.8. The van der Waals surface area contributed by atoms with E-state index in [0.29, 0.717) is 5.56 Å². The average molecular weight is 233 g/mol. The fourth-order valence-corrected chi connectivity index (χ4v) is 1.79. The van der Waals surface area contributed by atoms with Crippen LogP contribution in [0.3, 0.4) is 0 Å². The molecule has 0 unspecified atom stereocenters. The van der Waals surface area contributed by atoms with Gasteiger partial charge in [-0.05, 0) is 30.3 Å². The summed E-state index contributed by atoms with van der Waals surface area (Å²) >= 11 is 0. The second kappa shape index (κ2) is 5.10. The molecule has 0 aliphatic carbocycles. The van der Waals surface area contributed by atoms with E-state index in [4.69, 9.17) is 0 Å². The van der Waals surface area contributed by atoms with Gasteiger partial charge in [0, 0.05) is 25.4 Å². The van der Waals surface area contributed by atoms with Crippen LogP contribution in [-0.4, -0.2) is 16.3 Å². The number of hydrogen-bond acceptors (Lipinski definition) is 2. The average Bonchev–Trinajstić information content (AvgIpc) is 2.74. The monoisotopic (exact) mass is 233 g/mol. The third-order valence-corrected chi connectivity index (χ3v) is 2.71. The van der Waals surface area contributed by atoms with Crippen molar-refractivity contribution in [2.75, 3.05) is 6.54 Å². The van der Waals surface area contributed by atoms with Crippen molar-refractivity contribution in [2.24, 2.45) is 7.05 Å². The second-order valence-corrected chi connectivity index (χ2v) is 3.93. The summed E-state index contributed by atoms with van der Waals surface area (Å²) in [6.45, 7) is 3.70. The normalized spacial score (nSPS) is 10.8. The van der Waals surface area contributed by atoms with Crippen molar-refractivity contribution in [2.45, 2.75) is 13.5 Å². The van der Waals surface area contributed by atoms with E-state index in [1.54, 1.807) is 16.9 Å². The summed E-state index contributed by atoms with van der Waals surface area (Å²) in [5.41, 5.74) is 2.46. The number of benzene rings is 1. The Balaban J connectivity index is 2.36. The predicted molar refractivity (Wildman–Crippen MR) is 66.0 cm³/mol. The van der Waals surface area contributed by atoms with Crippen molar-refractivity contribution in [3.63, 3.8) is 0 Å². The van der Waals surface area contributed by atoms with Crippen molar-refractivity contribution >= 4 is 0 Å². The van der Waals surface area contributed by atoms with Gasteiger partial charge in [0.15, 0.2) is 0 Å². The number of aromatic nitrogens is 2. The summed E-state index contributed by atoms with van der Waals surface area (Å²) in [6, 6.07) is 7.00. The van der Waals surface area contributed by atoms with Crippen LogP contribution in [0.5, 0.6) is 0 Å². The first-order valence-electron chi connectivity index (χ1n) is 5.70. The van der Waals surface area contributed by atoms with E-state index >= 15 is 0 Å². The van der Waals surface area contributed by atoms with Crippen molar-refractivity contribution in [1.82, 2.24) is 15.1 Å². The smallest absolute Gasteiger partial charge is 0.132 e. The van der Waals surface area contributed by atoms with Crippen LogP contribution in [0, 0.1) is 5.82 Å². The van der Waals surface area contributed by atoms with Gasteiger partial charge in [0.25, 0.3) is 0 Å². The molecule has 0 saturated carbocycles. The minimum atomic E-state index is -0.214. The van der Waals surface area contributed by atoms with E-state index in [2.05, 4.69) is 10.4 Å². The lowest BCUT2D eigenvalue weighted by Crippen LogP contribution is -2.11. The van der Waals surface area contributed by atoms with Gasteiger partial charge in [0.1, 0.15) is 5.82 Å². The fraction of sp³-hybridized carbons (Fsp3) is 0.308. The highest BCUT2D eigenvalue weighted by Gasteiger charge is 2.09. The highest BCUT2D eigenvalue weighted by molar-refractivity contribution is 5.61. The molecule has 90 valence electrons. The molecule has 1 N–H and O–H groups in total. The largest absolute Gasteiger partial charge is 0.313 e. The summed E-state index contributed by atoms with van der Waals surface area (Å²) in [4.78, 5) is 0. The molecule has 2 aromatic rings. The molecule has 3 nitrogen and oxygen atoms in total. The molecule has 1 aromatic heterocycles. The van der Waals surface area contributed by atoms with Crippen LogP contribution in [-0.2, 0) is 13.6 Å². The van der Waals surface area contributed by atoms with Crippen LogP contribution in [0.2, 0.25) is 0 Å². The first-order valence-corrected chi connectivity index (χ1v) is 5.70. The Labute approximate surface area is 100 Å². The zero-order valence-electron chi connectivity index (χ0n) is 10.1. The SMILES string of the molecule is CCNCc1ccc(F)c(-c2ccnn2C)c1. The van der Waals surface area contributed by atoms with Crippen LogP contribution in [0.4, 0.5) is 4.39 Å². The Morgan fingerprint density at radius 2 is 2.18 bits per heavy atom. The molecular formula is C13H16FN3. The molecule has 0 saturated heterocycles. The molecular weight excluding hydrogens is 217 g/mol. The summed E-state index contributed by atoms with van der Waals surface area (Å²) in [5, 5.41) is 7.29. The molecule has 0 aliphatic rings. The summed E-state index contributed by atoms with van der Waals surface area (Å²) in [6.07, 6.45) is 1.67. The van der Waals surface area contributed by atoms with E-state index < -0.39 is 0 Å². The third-order valence-electron chi connectivity index (χ3n) is 2.71. The van der Waals surface area contributed by atoms with Gasteiger partial charge in [-0.1, -0.05) is 13.0 Å². The van der Waals surface area contributed by atoms with Gasteiger partial charge < -0.3 is 5.32 Å². The van der Waals surface area contributed by atoms with E-state index in [0.717, 1.165) is 24.3 Å². The first-order chi connectivity index (χ1) is 8.22. The zero-order valence-corrected chi connectivity index (χ0v) is 10.1. The Kier molecular flexibility index (Phi) is 3.54. The van der Waals surface area contributed by atoms with Gasteiger partial charge in [-0.15, -0.1) is 0 Å². The lowest BCUT2D eigenvalue weighted by molar-refractivity contribution is 0.626. The number of halogens is 1. The van der Waals surface area contributed by atoms with E-state index in [1.165, 1.54) is 6.07 Å². The van der Waals surface area contributed by atoms with Crippen LogP contribution >= 0.6 is 0 Å². The number of rotatable bonds is 4.